The molecule has 12 heavy (non-hydrogen) atoms. The highest BCUT2D eigenvalue weighted by Crippen LogP contribution is 2.10. The maximum Gasteiger partial charge on any atom is 0.230 e. The van der Waals surface area contributed by atoms with Gasteiger partial charge in [0.05, 0.1) is 11.9 Å². The molecule has 0 aromatic carbocycles. The van der Waals surface area contributed by atoms with Gasteiger partial charge in [0.2, 0.25) is 11.8 Å². The summed E-state index contributed by atoms with van der Waals surface area (Å²) in [7, 11) is 0. The molecule has 1 rings (SSSR count). The predicted molar refractivity (Wildman–Crippen MR) is 42.4 cm³/mol. The molecule has 0 saturated heterocycles. The van der Waals surface area contributed by atoms with E-state index in [0.29, 0.717) is 5.69 Å². The van der Waals surface area contributed by atoms with Gasteiger partial charge in [-0.2, -0.15) is 5.10 Å². The first kappa shape index (κ1) is 8.45. The molecule has 0 fully saturated rings. The summed E-state index contributed by atoms with van der Waals surface area (Å²) in [5.74, 6) is -0.632. The van der Waals surface area contributed by atoms with Gasteiger partial charge < -0.3 is 0 Å². The Bertz CT molecular complexity index is 278. The largest absolute Gasteiger partial charge is 0.284 e. The van der Waals surface area contributed by atoms with E-state index in [-0.39, 0.29) is 11.8 Å². The molecule has 5 nitrogen and oxygen atoms in total. The molecule has 1 heterocycles. The Labute approximate surface area is 69.4 Å². The van der Waals surface area contributed by atoms with Crippen LogP contribution in [0.15, 0.2) is 12.4 Å². The number of imide groups is 1. The van der Waals surface area contributed by atoms with Gasteiger partial charge in [0.25, 0.3) is 0 Å². The van der Waals surface area contributed by atoms with Gasteiger partial charge in [-0.05, 0) is 0 Å². The summed E-state index contributed by atoms with van der Waals surface area (Å²) in [6, 6.07) is 0. The zero-order chi connectivity index (χ0) is 9.14. The zero-order valence-electron chi connectivity index (χ0n) is 6.87. The van der Waals surface area contributed by atoms with Gasteiger partial charge in [-0.3, -0.25) is 14.7 Å². The molecule has 0 unspecified atom stereocenters. The summed E-state index contributed by atoms with van der Waals surface area (Å²) in [5.41, 5.74) is 0.468. The molecule has 0 radical (unpaired) electrons. The van der Waals surface area contributed by atoms with Crippen molar-refractivity contribution in [2.45, 2.75) is 13.8 Å². The molecule has 0 saturated carbocycles. The number of hydrogen-bond donors (Lipinski definition) is 1. The summed E-state index contributed by atoms with van der Waals surface area (Å²) in [6.07, 6.45) is 2.91. The van der Waals surface area contributed by atoms with E-state index in [4.69, 9.17) is 0 Å². The van der Waals surface area contributed by atoms with Gasteiger partial charge in [0.15, 0.2) is 0 Å². The van der Waals surface area contributed by atoms with Crippen LogP contribution >= 0.6 is 0 Å². The van der Waals surface area contributed by atoms with Crippen LogP contribution in [0.25, 0.3) is 0 Å². The Morgan fingerprint density at radius 3 is 2.33 bits per heavy atom. The van der Waals surface area contributed by atoms with Crippen LogP contribution in [0.2, 0.25) is 0 Å². The summed E-state index contributed by atoms with van der Waals surface area (Å²) in [5, 5.41) is 6.16. The van der Waals surface area contributed by atoms with Gasteiger partial charge in [-0.15, -0.1) is 0 Å². The van der Waals surface area contributed by atoms with E-state index in [1.165, 1.54) is 26.2 Å². The lowest BCUT2D eigenvalue weighted by atomic mass is 10.4. The van der Waals surface area contributed by atoms with Crippen LogP contribution in [-0.4, -0.2) is 22.0 Å². The molecular weight excluding hydrogens is 158 g/mol. The number of carbonyl (C=O) groups is 2. The maximum absolute atomic E-state index is 10.9. The molecule has 1 N–H and O–H groups in total. The number of nitrogens with zero attached hydrogens (tertiary/aromatic N) is 2. The molecule has 5 heteroatoms. The fourth-order valence-electron chi connectivity index (χ4n) is 0.952. The van der Waals surface area contributed by atoms with Gasteiger partial charge in [-0.25, -0.2) is 4.90 Å². The van der Waals surface area contributed by atoms with E-state index < -0.39 is 0 Å². The van der Waals surface area contributed by atoms with Crippen molar-refractivity contribution in [3.05, 3.63) is 12.4 Å². The van der Waals surface area contributed by atoms with Crippen molar-refractivity contribution in [2.75, 3.05) is 4.90 Å². The highest BCUT2D eigenvalue weighted by Gasteiger charge is 2.16. The van der Waals surface area contributed by atoms with Crippen molar-refractivity contribution in [3.63, 3.8) is 0 Å². The smallest absolute Gasteiger partial charge is 0.230 e. The van der Waals surface area contributed by atoms with Crippen LogP contribution in [0.4, 0.5) is 5.69 Å². The molecule has 0 bridgehead atoms. The predicted octanol–water partition coefficient (Wildman–Crippen LogP) is 0.309. The van der Waals surface area contributed by atoms with Crippen LogP contribution < -0.4 is 4.90 Å². The Morgan fingerprint density at radius 2 is 2.00 bits per heavy atom. The number of rotatable bonds is 1. The van der Waals surface area contributed by atoms with E-state index in [0.717, 1.165) is 4.90 Å². The van der Waals surface area contributed by atoms with E-state index >= 15 is 0 Å². The minimum atomic E-state index is -0.316. The molecule has 64 valence electrons. The quantitative estimate of drug-likeness (QED) is 0.654. The monoisotopic (exact) mass is 167 g/mol. The first-order valence-electron chi connectivity index (χ1n) is 3.43. The van der Waals surface area contributed by atoms with Crippen molar-refractivity contribution >= 4 is 17.5 Å². The highest BCUT2D eigenvalue weighted by molar-refractivity contribution is 6.12. The van der Waals surface area contributed by atoms with Crippen molar-refractivity contribution in [1.82, 2.24) is 10.2 Å². The van der Waals surface area contributed by atoms with Crippen LogP contribution in [0, 0.1) is 0 Å². The van der Waals surface area contributed by atoms with Crippen molar-refractivity contribution in [1.29, 1.82) is 0 Å². The maximum atomic E-state index is 10.9. The number of anilines is 1. The van der Waals surface area contributed by atoms with E-state index in [1.807, 2.05) is 0 Å². The average Bonchev–Trinajstić information content (AvgIpc) is 2.37. The third-order valence-corrected chi connectivity index (χ3v) is 1.37. The Balaban J connectivity index is 2.96. The fraction of sp³-hybridized carbons (Fsp3) is 0.286. The highest BCUT2D eigenvalue weighted by atomic mass is 16.2. The third-order valence-electron chi connectivity index (χ3n) is 1.37. The van der Waals surface area contributed by atoms with Crippen molar-refractivity contribution in [3.8, 4) is 0 Å². The summed E-state index contributed by atoms with van der Waals surface area (Å²) in [6.45, 7) is 2.66. The standard InChI is InChI=1S/C7H9N3O2/c1-5(11)10(6(2)12)7-3-8-9-4-7/h3-4H,1-2H3,(H,8,9). The topological polar surface area (TPSA) is 66.1 Å². The summed E-state index contributed by atoms with van der Waals surface area (Å²) >= 11 is 0. The van der Waals surface area contributed by atoms with E-state index in [9.17, 15) is 9.59 Å². The molecule has 0 aliphatic heterocycles. The SMILES string of the molecule is CC(=O)N(C(C)=O)c1cn[nH]c1. The molecule has 0 aliphatic carbocycles. The number of aromatic amines is 1. The molecule has 2 amide bonds. The van der Waals surface area contributed by atoms with Crippen LogP contribution in [0.1, 0.15) is 13.8 Å². The van der Waals surface area contributed by atoms with Crippen molar-refractivity contribution < 1.29 is 9.59 Å². The summed E-state index contributed by atoms with van der Waals surface area (Å²) < 4.78 is 0. The minimum absolute atomic E-state index is 0.316. The summed E-state index contributed by atoms with van der Waals surface area (Å²) in [4.78, 5) is 22.9. The Kier molecular flexibility index (Phi) is 2.23. The number of H-pyrrole nitrogens is 1. The number of amides is 2. The van der Waals surface area contributed by atoms with Crippen molar-refractivity contribution in [2.24, 2.45) is 0 Å². The van der Waals surface area contributed by atoms with E-state index in [2.05, 4.69) is 10.2 Å². The van der Waals surface area contributed by atoms with Gasteiger partial charge >= 0.3 is 0 Å². The molecule has 0 spiro atoms. The fourth-order valence-corrected chi connectivity index (χ4v) is 0.952. The zero-order valence-corrected chi connectivity index (χ0v) is 6.87. The van der Waals surface area contributed by atoms with Gasteiger partial charge in [0, 0.05) is 20.0 Å². The van der Waals surface area contributed by atoms with Crippen LogP contribution in [0.5, 0.6) is 0 Å². The Hall–Kier alpha value is -1.65. The second-order valence-electron chi connectivity index (χ2n) is 2.33. The van der Waals surface area contributed by atoms with Gasteiger partial charge in [-0.1, -0.05) is 0 Å². The van der Waals surface area contributed by atoms with Gasteiger partial charge in [0.1, 0.15) is 0 Å². The van der Waals surface area contributed by atoms with Crippen LogP contribution in [0.3, 0.4) is 0 Å². The number of carbonyl (C=O) groups excluding carboxylic acids is 2. The number of aromatic nitrogens is 2. The lowest BCUT2D eigenvalue weighted by Gasteiger charge is -2.13. The average molecular weight is 167 g/mol. The molecular formula is C7H9N3O2. The molecule has 0 atom stereocenters. The normalized spacial score (nSPS) is 9.50. The second-order valence-corrected chi connectivity index (χ2v) is 2.33. The first-order chi connectivity index (χ1) is 5.63. The number of hydrogen-bond acceptors (Lipinski definition) is 3. The molecule has 1 aromatic rings. The third kappa shape index (κ3) is 1.50. The molecule has 0 aliphatic rings. The molecule has 1 aromatic heterocycles. The Morgan fingerprint density at radius 1 is 1.42 bits per heavy atom. The lowest BCUT2D eigenvalue weighted by molar-refractivity contribution is -0.124. The van der Waals surface area contributed by atoms with E-state index in [1.54, 1.807) is 0 Å². The minimum Gasteiger partial charge on any atom is -0.284 e. The number of nitrogens with one attached hydrogen (secondary N) is 1. The second kappa shape index (κ2) is 3.17. The lowest BCUT2D eigenvalue weighted by Crippen LogP contribution is -2.32. The van der Waals surface area contributed by atoms with Crippen LogP contribution in [-0.2, 0) is 9.59 Å². The first-order valence-corrected chi connectivity index (χ1v) is 3.43.